The zero-order chi connectivity index (χ0) is 23.4. The molecule has 1 aromatic heterocycles. The van der Waals surface area contributed by atoms with Crippen LogP contribution in [0.1, 0.15) is 23.6 Å². The third-order valence-corrected chi connectivity index (χ3v) is 6.81. The standard InChI is InChI=1S/C26H22N2O4S/c1-3-31-16-14-24-23-13-15-28(33(29,30)22-9-7-19(2)8-10-22)25(23)11-12-26(24)32-21-6-4-5-20(17-21)18-27/h4-17H,3H2,1-2H3/b16-14-. The summed E-state index contributed by atoms with van der Waals surface area (Å²) in [5.41, 5.74) is 2.65. The summed E-state index contributed by atoms with van der Waals surface area (Å²) in [6.07, 6.45) is 4.84. The van der Waals surface area contributed by atoms with E-state index in [1.807, 2.05) is 13.8 Å². The minimum Gasteiger partial charge on any atom is -0.501 e. The molecule has 7 heteroatoms. The van der Waals surface area contributed by atoms with E-state index in [9.17, 15) is 8.42 Å². The lowest BCUT2D eigenvalue weighted by Gasteiger charge is -2.12. The van der Waals surface area contributed by atoms with Gasteiger partial charge >= 0.3 is 0 Å². The first-order valence-electron chi connectivity index (χ1n) is 10.4. The summed E-state index contributed by atoms with van der Waals surface area (Å²) in [5.74, 6) is 1.02. The van der Waals surface area contributed by atoms with E-state index in [4.69, 9.17) is 14.7 Å². The lowest BCUT2D eigenvalue weighted by Crippen LogP contribution is -2.11. The van der Waals surface area contributed by atoms with Crippen LogP contribution in [-0.2, 0) is 14.8 Å². The Morgan fingerprint density at radius 2 is 1.85 bits per heavy atom. The van der Waals surface area contributed by atoms with Gasteiger partial charge in [-0.3, -0.25) is 0 Å². The molecule has 0 radical (unpaired) electrons. The Labute approximate surface area is 193 Å². The van der Waals surface area contributed by atoms with Crippen molar-refractivity contribution in [1.29, 1.82) is 5.26 Å². The van der Waals surface area contributed by atoms with Gasteiger partial charge in [-0.05, 0) is 68.5 Å². The van der Waals surface area contributed by atoms with E-state index < -0.39 is 10.0 Å². The highest BCUT2D eigenvalue weighted by molar-refractivity contribution is 7.90. The molecule has 6 nitrogen and oxygen atoms in total. The lowest BCUT2D eigenvalue weighted by molar-refractivity contribution is 0.272. The molecule has 4 aromatic rings. The fraction of sp³-hybridized carbons (Fsp3) is 0.115. The fourth-order valence-electron chi connectivity index (χ4n) is 3.46. The molecule has 0 aliphatic carbocycles. The van der Waals surface area contributed by atoms with Crippen molar-refractivity contribution in [1.82, 2.24) is 3.97 Å². The van der Waals surface area contributed by atoms with E-state index in [2.05, 4.69) is 6.07 Å². The van der Waals surface area contributed by atoms with Gasteiger partial charge in [-0.2, -0.15) is 5.26 Å². The molecule has 0 bridgehead atoms. The second-order valence-electron chi connectivity index (χ2n) is 7.34. The molecule has 0 saturated heterocycles. The zero-order valence-corrected chi connectivity index (χ0v) is 19.0. The van der Waals surface area contributed by atoms with Crippen LogP contribution in [0, 0.1) is 18.3 Å². The summed E-state index contributed by atoms with van der Waals surface area (Å²) in [4.78, 5) is 0.214. The van der Waals surface area contributed by atoms with Gasteiger partial charge in [-0.25, -0.2) is 12.4 Å². The van der Waals surface area contributed by atoms with Crippen LogP contribution in [0.15, 0.2) is 84.1 Å². The zero-order valence-electron chi connectivity index (χ0n) is 18.2. The Morgan fingerprint density at radius 1 is 1.06 bits per heavy atom. The number of nitrogens with zero attached hydrogens (tertiary/aromatic N) is 2. The van der Waals surface area contributed by atoms with Crippen molar-refractivity contribution in [2.45, 2.75) is 18.7 Å². The van der Waals surface area contributed by atoms with Crippen molar-refractivity contribution in [3.8, 4) is 17.6 Å². The molecule has 0 N–H and O–H groups in total. The molecular weight excluding hydrogens is 436 g/mol. The van der Waals surface area contributed by atoms with Crippen molar-refractivity contribution in [3.63, 3.8) is 0 Å². The predicted molar refractivity (Wildman–Crippen MR) is 128 cm³/mol. The van der Waals surface area contributed by atoms with E-state index in [0.29, 0.717) is 40.1 Å². The van der Waals surface area contributed by atoms with Crippen LogP contribution in [0.3, 0.4) is 0 Å². The average molecular weight is 459 g/mol. The van der Waals surface area contributed by atoms with Crippen molar-refractivity contribution >= 4 is 27.0 Å². The SMILES string of the molecule is CCO/C=C\c1c(Oc2cccc(C#N)c2)ccc2c1ccn2S(=O)(=O)c1ccc(C)cc1. The van der Waals surface area contributed by atoms with Crippen LogP contribution in [0.4, 0.5) is 0 Å². The molecule has 0 fully saturated rings. The fourth-order valence-corrected chi connectivity index (χ4v) is 4.80. The van der Waals surface area contributed by atoms with Crippen molar-refractivity contribution in [2.24, 2.45) is 0 Å². The van der Waals surface area contributed by atoms with E-state index in [0.717, 1.165) is 5.56 Å². The Morgan fingerprint density at radius 3 is 2.58 bits per heavy atom. The van der Waals surface area contributed by atoms with Gasteiger partial charge in [0.05, 0.1) is 34.9 Å². The average Bonchev–Trinajstić information content (AvgIpc) is 3.26. The third-order valence-electron chi connectivity index (χ3n) is 5.10. The van der Waals surface area contributed by atoms with Crippen LogP contribution in [-0.4, -0.2) is 19.0 Å². The second kappa shape index (κ2) is 9.23. The van der Waals surface area contributed by atoms with E-state index in [-0.39, 0.29) is 4.90 Å². The van der Waals surface area contributed by atoms with Crippen molar-refractivity contribution in [3.05, 3.63) is 95.9 Å². The first kappa shape index (κ1) is 22.2. The normalized spacial score (nSPS) is 11.5. The third kappa shape index (κ3) is 4.47. The van der Waals surface area contributed by atoms with Gasteiger partial charge in [-0.15, -0.1) is 0 Å². The highest BCUT2D eigenvalue weighted by Crippen LogP contribution is 2.35. The number of rotatable bonds is 7. The lowest BCUT2D eigenvalue weighted by atomic mass is 10.1. The Kier molecular flexibility index (Phi) is 6.20. The first-order valence-corrected chi connectivity index (χ1v) is 11.8. The molecule has 0 saturated carbocycles. The molecule has 0 aliphatic rings. The summed E-state index contributed by atoms with van der Waals surface area (Å²) in [6, 6.07) is 20.9. The molecule has 3 aromatic carbocycles. The molecular formula is C26H22N2O4S. The Hall–Kier alpha value is -4.02. The monoisotopic (exact) mass is 458 g/mol. The number of ether oxygens (including phenoxy) is 2. The molecule has 166 valence electrons. The minimum atomic E-state index is -3.78. The van der Waals surface area contributed by atoms with Crippen LogP contribution in [0.25, 0.3) is 17.0 Å². The molecule has 33 heavy (non-hydrogen) atoms. The van der Waals surface area contributed by atoms with Gasteiger partial charge in [0, 0.05) is 17.1 Å². The maximum absolute atomic E-state index is 13.3. The van der Waals surface area contributed by atoms with Gasteiger partial charge < -0.3 is 9.47 Å². The van der Waals surface area contributed by atoms with E-state index >= 15 is 0 Å². The summed E-state index contributed by atoms with van der Waals surface area (Å²) in [5, 5.41) is 9.85. The minimum absolute atomic E-state index is 0.214. The van der Waals surface area contributed by atoms with E-state index in [1.165, 1.54) is 10.2 Å². The quantitative estimate of drug-likeness (QED) is 0.324. The van der Waals surface area contributed by atoms with Gasteiger partial charge in [-0.1, -0.05) is 23.8 Å². The van der Waals surface area contributed by atoms with Crippen LogP contribution >= 0.6 is 0 Å². The highest BCUT2D eigenvalue weighted by Gasteiger charge is 2.21. The van der Waals surface area contributed by atoms with Gasteiger partial charge in [0.1, 0.15) is 11.5 Å². The summed E-state index contributed by atoms with van der Waals surface area (Å²) in [6.45, 7) is 4.28. The first-order chi connectivity index (χ1) is 15.9. The van der Waals surface area contributed by atoms with Gasteiger partial charge in [0.15, 0.2) is 0 Å². The molecule has 0 amide bonds. The smallest absolute Gasteiger partial charge is 0.268 e. The number of nitriles is 1. The summed E-state index contributed by atoms with van der Waals surface area (Å²) < 4.78 is 39.3. The summed E-state index contributed by atoms with van der Waals surface area (Å²) in [7, 11) is -3.78. The summed E-state index contributed by atoms with van der Waals surface area (Å²) >= 11 is 0. The molecule has 0 atom stereocenters. The molecule has 4 rings (SSSR count). The number of aromatic nitrogens is 1. The van der Waals surface area contributed by atoms with E-state index in [1.54, 1.807) is 79.1 Å². The topological polar surface area (TPSA) is 81.3 Å². The number of hydrogen-bond acceptors (Lipinski definition) is 5. The number of benzene rings is 3. The number of hydrogen-bond donors (Lipinski definition) is 0. The maximum Gasteiger partial charge on any atom is 0.268 e. The predicted octanol–water partition coefficient (Wildman–Crippen LogP) is 5.86. The molecule has 1 heterocycles. The molecule has 0 aliphatic heterocycles. The number of aryl methyl sites for hydroxylation is 1. The largest absolute Gasteiger partial charge is 0.501 e. The second-order valence-corrected chi connectivity index (χ2v) is 9.15. The Balaban J connectivity index is 1.83. The van der Waals surface area contributed by atoms with Gasteiger partial charge in [0.25, 0.3) is 10.0 Å². The van der Waals surface area contributed by atoms with Crippen LogP contribution < -0.4 is 4.74 Å². The maximum atomic E-state index is 13.3. The van der Waals surface area contributed by atoms with Gasteiger partial charge in [0.2, 0.25) is 0 Å². The van der Waals surface area contributed by atoms with Crippen molar-refractivity contribution in [2.75, 3.05) is 6.61 Å². The molecule has 0 unspecified atom stereocenters. The number of fused-ring (bicyclic) bond motifs is 1. The Bertz CT molecular complexity index is 1480. The highest BCUT2D eigenvalue weighted by atomic mass is 32.2. The van der Waals surface area contributed by atoms with Crippen LogP contribution in [0.2, 0.25) is 0 Å². The van der Waals surface area contributed by atoms with Crippen LogP contribution in [0.5, 0.6) is 11.5 Å². The molecule has 0 spiro atoms. The van der Waals surface area contributed by atoms with Crippen molar-refractivity contribution < 1.29 is 17.9 Å².